The molecular formula is C15H18Cl2N2O3. The van der Waals surface area contributed by atoms with E-state index in [9.17, 15) is 9.59 Å². The summed E-state index contributed by atoms with van der Waals surface area (Å²) in [6.07, 6.45) is 4.33. The molecule has 1 aromatic rings. The fraction of sp³-hybridized carbons (Fsp3) is 0.533. The summed E-state index contributed by atoms with van der Waals surface area (Å²) in [5.74, 6) is -0.821. The van der Waals surface area contributed by atoms with Crippen LogP contribution in [0.4, 0.5) is 0 Å². The van der Waals surface area contributed by atoms with Gasteiger partial charge in [0.05, 0.1) is 10.6 Å². The minimum atomic E-state index is -0.642. The quantitative estimate of drug-likeness (QED) is 0.623. The van der Waals surface area contributed by atoms with E-state index in [-0.39, 0.29) is 40.3 Å². The number of hydrogen-bond donors (Lipinski definition) is 0. The van der Waals surface area contributed by atoms with Crippen molar-refractivity contribution in [3.63, 3.8) is 0 Å². The fourth-order valence-corrected chi connectivity index (χ4v) is 3.00. The molecule has 0 N–H and O–H groups in total. The van der Waals surface area contributed by atoms with Crippen LogP contribution in [0, 0.1) is 0 Å². The van der Waals surface area contributed by atoms with Gasteiger partial charge in [-0.3, -0.25) is 4.79 Å². The Kier molecular flexibility index (Phi) is 5.64. The number of likely N-dealkylation sites (tertiary alicyclic amines) is 1. The summed E-state index contributed by atoms with van der Waals surface area (Å²) < 4.78 is 5.06. The average Bonchev–Trinajstić information content (AvgIpc) is 2.47. The van der Waals surface area contributed by atoms with Crippen molar-refractivity contribution in [1.82, 2.24) is 9.88 Å². The summed E-state index contributed by atoms with van der Waals surface area (Å²) in [5, 5.41) is 0.283. The molecule has 0 bridgehead atoms. The Morgan fingerprint density at radius 1 is 1.32 bits per heavy atom. The standard InChI is InChI=1S/C15H18Cl2N2O3/c1-9-4-3-5-10(2)19(9)13(20)8-22-15(21)11-6-12(16)14(17)18-7-11/h6-7,9-10H,3-5,8H2,1-2H3/t9-,10-/m0/s1. The molecule has 2 heterocycles. The SMILES string of the molecule is C[C@H]1CCC[C@H](C)N1C(=O)COC(=O)c1cnc(Cl)c(Cl)c1. The molecule has 1 fully saturated rings. The first-order valence-electron chi connectivity index (χ1n) is 7.19. The van der Waals surface area contributed by atoms with E-state index in [1.165, 1.54) is 12.3 Å². The van der Waals surface area contributed by atoms with Gasteiger partial charge in [0.2, 0.25) is 0 Å². The van der Waals surface area contributed by atoms with Gasteiger partial charge in [-0.05, 0) is 39.2 Å². The Labute approximate surface area is 139 Å². The van der Waals surface area contributed by atoms with Gasteiger partial charge >= 0.3 is 5.97 Å². The number of rotatable bonds is 3. The summed E-state index contributed by atoms with van der Waals surface area (Å²) in [6.45, 7) is 3.74. The number of esters is 1. The maximum Gasteiger partial charge on any atom is 0.340 e. The normalized spacial score (nSPS) is 21.5. The van der Waals surface area contributed by atoms with E-state index in [0.717, 1.165) is 19.3 Å². The molecule has 0 unspecified atom stereocenters. The van der Waals surface area contributed by atoms with E-state index < -0.39 is 5.97 Å². The lowest BCUT2D eigenvalue weighted by Gasteiger charge is -2.38. The van der Waals surface area contributed by atoms with E-state index >= 15 is 0 Å². The first-order chi connectivity index (χ1) is 10.4. The third kappa shape index (κ3) is 3.90. The van der Waals surface area contributed by atoms with Crippen LogP contribution in [-0.4, -0.2) is 40.5 Å². The minimum Gasteiger partial charge on any atom is -0.452 e. The minimum absolute atomic E-state index is 0.116. The third-order valence-electron chi connectivity index (χ3n) is 3.84. The van der Waals surface area contributed by atoms with Gasteiger partial charge in [0.1, 0.15) is 5.15 Å². The number of amides is 1. The van der Waals surface area contributed by atoms with E-state index in [1.807, 2.05) is 13.8 Å². The molecule has 1 aliphatic heterocycles. The second-order valence-corrected chi connectivity index (χ2v) is 6.27. The van der Waals surface area contributed by atoms with Crippen LogP contribution in [0.2, 0.25) is 10.2 Å². The molecule has 1 aliphatic rings. The Bertz CT molecular complexity index is 570. The predicted octanol–water partition coefficient (Wildman–Crippen LogP) is 3.33. The van der Waals surface area contributed by atoms with Gasteiger partial charge in [-0.25, -0.2) is 9.78 Å². The highest BCUT2D eigenvalue weighted by atomic mass is 35.5. The zero-order valence-electron chi connectivity index (χ0n) is 12.5. The number of carbonyl (C=O) groups excluding carboxylic acids is 2. The van der Waals surface area contributed by atoms with Crippen molar-refractivity contribution in [2.24, 2.45) is 0 Å². The van der Waals surface area contributed by atoms with Crippen LogP contribution in [0.15, 0.2) is 12.3 Å². The van der Waals surface area contributed by atoms with Gasteiger partial charge in [-0.1, -0.05) is 23.2 Å². The molecule has 120 valence electrons. The number of ether oxygens (including phenoxy) is 1. The number of carbonyl (C=O) groups is 2. The molecule has 1 aromatic heterocycles. The van der Waals surface area contributed by atoms with Crippen LogP contribution in [0.25, 0.3) is 0 Å². The maximum absolute atomic E-state index is 12.3. The second kappa shape index (κ2) is 7.29. The van der Waals surface area contributed by atoms with Crippen LogP contribution >= 0.6 is 23.2 Å². The smallest absolute Gasteiger partial charge is 0.340 e. The number of nitrogens with zero attached hydrogens (tertiary/aromatic N) is 2. The predicted molar refractivity (Wildman–Crippen MR) is 84.2 cm³/mol. The zero-order chi connectivity index (χ0) is 16.3. The summed E-state index contributed by atoms with van der Waals surface area (Å²) in [4.78, 5) is 29.8. The zero-order valence-corrected chi connectivity index (χ0v) is 14.0. The summed E-state index contributed by atoms with van der Waals surface area (Å²) in [6, 6.07) is 1.71. The molecule has 1 saturated heterocycles. The molecule has 5 nitrogen and oxygen atoms in total. The Morgan fingerprint density at radius 3 is 2.55 bits per heavy atom. The molecule has 0 spiro atoms. The third-order valence-corrected chi connectivity index (χ3v) is 4.53. The molecule has 22 heavy (non-hydrogen) atoms. The molecule has 0 radical (unpaired) electrons. The van der Waals surface area contributed by atoms with Gasteiger partial charge in [-0.15, -0.1) is 0 Å². The van der Waals surface area contributed by atoms with Crippen molar-refractivity contribution in [3.05, 3.63) is 28.0 Å². The monoisotopic (exact) mass is 344 g/mol. The van der Waals surface area contributed by atoms with Crippen molar-refractivity contribution in [1.29, 1.82) is 0 Å². The average molecular weight is 345 g/mol. The number of pyridine rings is 1. The van der Waals surface area contributed by atoms with Gasteiger partial charge in [0.15, 0.2) is 6.61 Å². The van der Waals surface area contributed by atoms with Crippen LogP contribution < -0.4 is 0 Å². The van der Waals surface area contributed by atoms with Gasteiger partial charge in [-0.2, -0.15) is 0 Å². The molecule has 1 amide bonds. The number of hydrogen-bond acceptors (Lipinski definition) is 4. The first kappa shape index (κ1) is 17.0. The van der Waals surface area contributed by atoms with E-state index in [2.05, 4.69) is 4.98 Å². The molecule has 0 aliphatic carbocycles. The lowest BCUT2D eigenvalue weighted by atomic mass is 9.97. The van der Waals surface area contributed by atoms with Gasteiger partial charge in [0, 0.05) is 18.3 Å². The fourth-order valence-electron chi connectivity index (χ4n) is 2.73. The Hall–Kier alpha value is -1.33. The summed E-state index contributed by atoms with van der Waals surface area (Å²) in [7, 11) is 0. The highest BCUT2D eigenvalue weighted by molar-refractivity contribution is 6.41. The maximum atomic E-state index is 12.3. The van der Waals surface area contributed by atoms with Crippen molar-refractivity contribution in [2.75, 3.05) is 6.61 Å². The van der Waals surface area contributed by atoms with Gasteiger partial charge < -0.3 is 9.64 Å². The van der Waals surface area contributed by atoms with Crippen LogP contribution in [0.1, 0.15) is 43.5 Å². The number of aromatic nitrogens is 1. The highest BCUT2D eigenvalue weighted by Gasteiger charge is 2.29. The Morgan fingerprint density at radius 2 is 1.95 bits per heavy atom. The lowest BCUT2D eigenvalue weighted by Crippen LogP contribution is -2.49. The topological polar surface area (TPSA) is 59.5 Å². The second-order valence-electron chi connectivity index (χ2n) is 5.50. The van der Waals surface area contributed by atoms with Crippen molar-refractivity contribution >= 4 is 35.1 Å². The molecular weight excluding hydrogens is 327 g/mol. The molecule has 2 rings (SSSR count). The largest absolute Gasteiger partial charge is 0.452 e. The highest BCUT2D eigenvalue weighted by Crippen LogP contribution is 2.23. The number of halogens is 2. The molecule has 0 saturated carbocycles. The van der Waals surface area contributed by atoms with E-state index in [0.29, 0.717) is 0 Å². The first-order valence-corrected chi connectivity index (χ1v) is 7.95. The lowest BCUT2D eigenvalue weighted by molar-refractivity contribution is -0.140. The van der Waals surface area contributed by atoms with E-state index in [4.69, 9.17) is 27.9 Å². The van der Waals surface area contributed by atoms with E-state index in [1.54, 1.807) is 4.90 Å². The number of piperidine rings is 1. The van der Waals surface area contributed by atoms with Crippen LogP contribution in [0.3, 0.4) is 0 Å². The molecule has 7 heteroatoms. The molecule has 0 aromatic carbocycles. The summed E-state index contributed by atoms with van der Waals surface area (Å²) in [5.41, 5.74) is 0.168. The van der Waals surface area contributed by atoms with Crippen molar-refractivity contribution in [2.45, 2.75) is 45.2 Å². The van der Waals surface area contributed by atoms with Crippen molar-refractivity contribution in [3.8, 4) is 0 Å². The van der Waals surface area contributed by atoms with Crippen LogP contribution in [-0.2, 0) is 9.53 Å². The summed E-state index contributed by atoms with van der Waals surface area (Å²) >= 11 is 11.5. The Balaban J connectivity index is 1.95. The van der Waals surface area contributed by atoms with Gasteiger partial charge in [0.25, 0.3) is 5.91 Å². The van der Waals surface area contributed by atoms with Crippen LogP contribution in [0.5, 0.6) is 0 Å². The van der Waals surface area contributed by atoms with Crippen molar-refractivity contribution < 1.29 is 14.3 Å². The molecule has 2 atom stereocenters.